The molecule has 0 saturated carbocycles. The average molecular weight is 445 g/mol. The van der Waals surface area contributed by atoms with E-state index < -0.39 is 18.0 Å². The Kier molecular flexibility index (Phi) is 9.68. The molecule has 2 rings (SSSR count). The van der Waals surface area contributed by atoms with E-state index in [0.29, 0.717) is 19.4 Å². The van der Waals surface area contributed by atoms with Crippen LogP contribution in [-0.4, -0.2) is 53.7 Å². The van der Waals surface area contributed by atoms with Gasteiger partial charge in [-0.2, -0.15) is 0 Å². The lowest BCUT2D eigenvalue weighted by atomic mass is 10.0. The van der Waals surface area contributed by atoms with Crippen molar-refractivity contribution in [1.29, 1.82) is 0 Å². The van der Waals surface area contributed by atoms with Crippen molar-refractivity contribution >= 4 is 23.6 Å². The molecule has 3 atom stereocenters. The Morgan fingerprint density at radius 2 is 1.69 bits per heavy atom. The first-order chi connectivity index (χ1) is 15.2. The Morgan fingerprint density at radius 3 is 2.34 bits per heavy atom. The highest BCUT2D eigenvalue weighted by Gasteiger charge is 2.30. The standard InChI is InChI=1S/C24H36N4O4/c1-16(2)12-20-24(32)28(14-19-8-6-5-7-9-19)15-22(30)25-11-10-17(3)13-21(29)26-18(4)23(31)27-20/h5-9,16-18,20H,10-15H2,1-4H3,(H,25,30)(H,26,29)(H,27,31)/t17-,18+,20+/m1/s1. The Balaban J connectivity index is 2.31. The summed E-state index contributed by atoms with van der Waals surface area (Å²) < 4.78 is 0. The highest BCUT2D eigenvalue weighted by molar-refractivity contribution is 5.93. The van der Waals surface area contributed by atoms with Gasteiger partial charge < -0.3 is 20.9 Å². The second-order valence-corrected chi connectivity index (χ2v) is 9.11. The zero-order valence-electron chi connectivity index (χ0n) is 19.5. The molecule has 1 aromatic rings. The minimum atomic E-state index is -0.789. The topological polar surface area (TPSA) is 108 Å². The average Bonchev–Trinajstić information content (AvgIpc) is 2.71. The van der Waals surface area contributed by atoms with Gasteiger partial charge >= 0.3 is 0 Å². The number of amides is 4. The van der Waals surface area contributed by atoms with Gasteiger partial charge in [-0.05, 0) is 37.2 Å². The van der Waals surface area contributed by atoms with Gasteiger partial charge in [0, 0.05) is 19.5 Å². The third-order valence-electron chi connectivity index (χ3n) is 5.45. The second kappa shape index (κ2) is 12.2. The van der Waals surface area contributed by atoms with Gasteiger partial charge in [-0.3, -0.25) is 19.2 Å². The molecule has 1 aliphatic heterocycles. The van der Waals surface area contributed by atoms with E-state index in [1.54, 1.807) is 6.92 Å². The quantitative estimate of drug-likeness (QED) is 0.656. The lowest BCUT2D eigenvalue weighted by Crippen LogP contribution is -2.54. The molecule has 0 aromatic heterocycles. The minimum Gasteiger partial charge on any atom is -0.355 e. The van der Waals surface area contributed by atoms with E-state index in [1.165, 1.54) is 4.90 Å². The van der Waals surface area contributed by atoms with Crippen LogP contribution in [0.4, 0.5) is 0 Å². The summed E-state index contributed by atoms with van der Waals surface area (Å²) in [6.07, 6.45) is 1.32. The van der Waals surface area contributed by atoms with Gasteiger partial charge in [0.1, 0.15) is 12.1 Å². The summed E-state index contributed by atoms with van der Waals surface area (Å²) in [4.78, 5) is 52.6. The molecule has 1 aliphatic rings. The molecule has 32 heavy (non-hydrogen) atoms. The van der Waals surface area contributed by atoms with Crippen LogP contribution in [0.5, 0.6) is 0 Å². The van der Waals surface area contributed by atoms with E-state index >= 15 is 0 Å². The van der Waals surface area contributed by atoms with Crippen molar-refractivity contribution in [2.45, 2.75) is 65.6 Å². The summed E-state index contributed by atoms with van der Waals surface area (Å²) >= 11 is 0. The molecule has 8 heteroatoms. The fourth-order valence-electron chi connectivity index (χ4n) is 3.70. The summed E-state index contributed by atoms with van der Waals surface area (Å²) in [5, 5.41) is 8.37. The van der Waals surface area contributed by atoms with Crippen LogP contribution in [-0.2, 0) is 25.7 Å². The molecular weight excluding hydrogens is 408 g/mol. The zero-order valence-corrected chi connectivity index (χ0v) is 19.5. The summed E-state index contributed by atoms with van der Waals surface area (Å²) in [6.45, 7) is 8.06. The van der Waals surface area contributed by atoms with Gasteiger partial charge in [0.2, 0.25) is 23.6 Å². The Morgan fingerprint density at radius 1 is 1.00 bits per heavy atom. The summed E-state index contributed by atoms with van der Waals surface area (Å²) in [6, 6.07) is 7.90. The van der Waals surface area contributed by atoms with Crippen molar-refractivity contribution in [2.24, 2.45) is 11.8 Å². The van der Waals surface area contributed by atoms with E-state index in [2.05, 4.69) is 16.0 Å². The van der Waals surface area contributed by atoms with E-state index in [1.807, 2.05) is 51.1 Å². The largest absolute Gasteiger partial charge is 0.355 e. The molecular formula is C24H36N4O4. The number of hydrogen-bond donors (Lipinski definition) is 3. The smallest absolute Gasteiger partial charge is 0.245 e. The lowest BCUT2D eigenvalue weighted by Gasteiger charge is -2.29. The van der Waals surface area contributed by atoms with Gasteiger partial charge in [0.05, 0.1) is 6.54 Å². The number of carbonyl (C=O) groups is 4. The molecule has 0 radical (unpaired) electrons. The molecule has 1 heterocycles. The lowest BCUT2D eigenvalue weighted by molar-refractivity contribution is -0.140. The molecule has 3 N–H and O–H groups in total. The fourth-order valence-corrected chi connectivity index (χ4v) is 3.70. The second-order valence-electron chi connectivity index (χ2n) is 9.11. The zero-order chi connectivity index (χ0) is 23.7. The van der Waals surface area contributed by atoms with Crippen molar-refractivity contribution < 1.29 is 19.2 Å². The number of benzene rings is 1. The van der Waals surface area contributed by atoms with E-state index in [9.17, 15) is 19.2 Å². The normalized spacial score (nSPS) is 24.3. The van der Waals surface area contributed by atoms with Crippen molar-refractivity contribution in [3.8, 4) is 0 Å². The highest BCUT2D eigenvalue weighted by atomic mass is 16.2. The van der Waals surface area contributed by atoms with Gasteiger partial charge in [-0.25, -0.2) is 0 Å². The SMILES string of the molecule is CC(C)C[C@@H]1NC(=O)[C@H](C)NC(=O)C[C@H](C)CCNC(=O)CN(Cc2ccccc2)C1=O. The molecule has 0 bridgehead atoms. The molecule has 1 saturated heterocycles. The molecule has 1 fully saturated rings. The molecule has 176 valence electrons. The molecule has 0 aliphatic carbocycles. The van der Waals surface area contributed by atoms with Gasteiger partial charge in [-0.1, -0.05) is 51.1 Å². The molecule has 1 aromatic carbocycles. The van der Waals surface area contributed by atoms with Crippen LogP contribution in [0.1, 0.15) is 52.5 Å². The Hall–Kier alpha value is -2.90. The third-order valence-corrected chi connectivity index (χ3v) is 5.45. The third kappa shape index (κ3) is 8.32. The Labute approximate surface area is 190 Å². The van der Waals surface area contributed by atoms with Crippen molar-refractivity contribution in [3.63, 3.8) is 0 Å². The fraction of sp³-hybridized carbons (Fsp3) is 0.583. The van der Waals surface area contributed by atoms with Gasteiger partial charge in [0.25, 0.3) is 0 Å². The van der Waals surface area contributed by atoms with Gasteiger partial charge in [-0.15, -0.1) is 0 Å². The summed E-state index contributed by atoms with van der Waals surface area (Å²) in [7, 11) is 0. The first-order valence-electron chi connectivity index (χ1n) is 11.3. The molecule has 0 spiro atoms. The predicted molar refractivity (Wildman–Crippen MR) is 122 cm³/mol. The van der Waals surface area contributed by atoms with E-state index in [-0.39, 0.29) is 49.1 Å². The van der Waals surface area contributed by atoms with Crippen LogP contribution in [0.15, 0.2) is 30.3 Å². The number of nitrogens with zero attached hydrogens (tertiary/aromatic N) is 1. The number of hydrogen-bond acceptors (Lipinski definition) is 4. The molecule has 0 unspecified atom stereocenters. The van der Waals surface area contributed by atoms with Crippen molar-refractivity contribution in [2.75, 3.05) is 13.1 Å². The molecule has 8 nitrogen and oxygen atoms in total. The monoisotopic (exact) mass is 444 g/mol. The Bertz CT molecular complexity index is 796. The maximum Gasteiger partial charge on any atom is 0.245 e. The molecule has 4 amide bonds. The van der Waals surface area contributed by atoms with E-state index in [0.717, 1.165) is 5.56 Å². The van der Waals surface area contributed by atoms with Gasteiger partial charge in [0.15, 0.2) is 0 Å². The first-order valence-corrected chi connectivity index (χ1v) is 11.3. The van der Waals surface area contributed by atoms with Crippen LogP contribution < -0.4 is 16.0 Å². The summed E-state index contributed by atoms with van der Waals surface area (Å²) in [5.41, 5.74) is 0.899. The van der Waals surface area contributed by atoms with Crippen LogP contribution in [0.2, 0.25) is 0 Å². The summed E-state index contributed by atoms with van der Waals surface area (Å²) in [5.74, 6) is -1.02. The minimum absolute atomic E-state index is 0.0476. The maximum atomic E-state index is 13.5. The number of carbonyl (C=O) groups excluding carboxylic acids is 4. The maximum absolute atomic E-state index is 13.5. The van der Waals surface area contributed by atoms with Crippen LogP contribution in [0, 0.1) is 11.8 Å². The van der Waals surface area contributed by atoms with Crippen LogP contribution in [0.3, 0.4) is 0 Å². The number of nitrogens with one attached hydrogen (secondary N) is 3. The number of rotatable bonds is 4. The van der Waals surface area contributed by atoms with E-state index in [4.69, 9.17) is 0 Å². The van der Waals surface area contributed by atoms with Crippen molar-refractivity contribution in [1.82, 2.24) is 20.9 Å². The van der Waals surface area contributed by atoms with Crippen LogP contribution in [0.25, 0.3) is 0 Å². The van der Waals surface area contributed by atoms with Crippen molar-refractivity contribution in [3.05, 3.63) is 35.9 Å². The highest BCUT2D eigenvalue weighted by Crippen LogP contribution is 2.13. The van der Waals surface area contributed by atoms with Crippen LogP contribution >= 0.6 is 0 Å². The first kappa shape index (κ1) is 25.4. The predicted octanol–water partition coefficient (Wildman–Crippen LogP) is 1.60.